The first-order valence-electron chi connectivity index (χ1n) is 18.3. The van der Waals surface area contributed by atoms with E-state index in [1.807, 2.05) is 10.8 Å². The van der Waals surface area contributed by atoms with Crippen LogP contribution in [-0.4, -0.2) is 84.1 Å². The van der Waals surface area contributed by atoms with Crippen LogP contribution >= 0.6 is 23.2 Å². The summed E-state index contributed by atoms with van der Waals surface area (Å²) in [6.45, 7) is 0.874. The van der Waals surface area contributed by atoms with E-state index in [-0.39, 0.29) is 46.3 Å². The van der Waals surface area contributed by atoms with Crippen LogP contribution in [0.15, 0.2) is 48.8 Å². The number of methoxy groups -OCH3 is 1. The van der Waals surface area contributed by atoms with Gasteiger partial charge in [-0.25, -0.2) is 35.6 Å². The van der Waals surface area contributed by atoms with Gasteiger partial charge in [-0.05, 0) is 73.2 Å². The number of aromatic amines is 2. The first-order chi connectivity index (χ1) is 28.5. The van der Waals surface area contributed by atoms with Gasteiger partial charge in [0, 0.05) is 42.2 Å². The highest BCUT2D eigenvalue weighted by Crippen LogP contribution is 2.42. The Hall–Kier alpha value is -5.31. The van der Waals surface area contributed by atoms with E-state index in [2.05, 4.69) is 35.1 Å². The van der Waals surface area contributed by atoms with Gasteiger partial charge in [-0.1, -0.05) is 30.1 Å². The number of nitrogens with one attached hydrogen (secondary N) is 4. The molecule has 1 saturated carbocycles. The molecule has 6 aromatic rings. The maximum absolute atomic E-state index is 15.0. The van der Waals surface area contributed by atoms with Gasteiger partial charge in [-0.3, -0.25) is 33.6 Å². The van der Waals surface area contributed by atoms with Crippen LogP contribution in [0, 0.1) is 11.6 Å². The van der Waals surface area contributed by atoms with E-state index < -0.39 is 66.9 Å². The summed E-state index contributed by atoms with van der Waals surface area (Å²) in [6, 6.07) is 8.29. The predicted octanol–water partition coefficient (Wildman–Crippen LogP) is 7.49. The van der Waals surface area contributed by atoms with Crippen molar-refractivity contribution in [2.24, 2.45) is 0 Å². The summed E-state index contributed by atoms with van der Waals surface area (Å²) in [5.74, 6) is -3.28. The number of carbonyl (C=O) groups excluding carboxylic acids is 2. The molecule has 0 bridgehead atoms. The van der Waals surface area contributed by atoms with E-state index >= 15 is 0 Å². The van der Waals surface area contributed by atoms with Crippen molar-refractivity contribution in [3.05, 3.63) is 98.4 Å². The molecular formula is C38H37Cl2F3N8O7S2. The summed E-state index contributed by atoms with van der Waals surface area (Å²) in [4.78, 5) is 34.0. The molecule has 60 heavy (non-hydrogen) atoms. The Kier molecular flexibility index (Phi) is 13.7. The molecular weight excluding hydrogens is 873 g/mol. The van der Waals surface area contributed by atoms with Crippen LogP contribution in [0.5, 0.6) is 5.88 Å². The molecule has 4 N–H and O–H groups in total. The number of Topliss-reactive ketones (excluding diaryl/α,β-unsaturated/α-hetero) is 2. The van der Waals surface area contributed by atoms with E-state index in [0.29, 0.717) is 46.0 Å². The van der Waals surface area contributed by atoms with Crippen LogP contribution < -0.4 is 14.2 Å². The number of ether oxygens (including phenoxy) is 1. The van der Waals surface area contributed by atoms with Crippen LogP contribution in [0.4, 0.5) is 24.5 Å². The number of nitrogens with zero attached hydrogens (tertiary/aromatic N) is 4. The van der Waals surface area contributed by atoms with Gasteiger partial charge in [0.15, 0.2) is 34.5 Å². The van der Waals surface area contributed by atoms with Crippen molar-refractivity contribution in [2.45, 2.75) is 51.4 Å². The van der Waals surface area contributed by atoms with Crippen LogP contribution in [0.1, 0.15) is 76.1 Å². The van der Waals surface area contributed by atoms with Gasteiger partial charge in [0.2, 0.25) is 25.9 Å². The largest absolute Gasteiger partial charge is 0.479 e. The van der Waals surface area contributed by atoms with Gasteiger partial charge in [0.25, 0.3) is 0 Å². The van der Waals surface area contributed by atoms with Crippen LogP contribution in [0.3, 0.4) is 0 Å². The highest BCUT2D eigenvalue weighted by Gasteiger charge is 2.29. The second kappa shape index (κ2) is 18.5. The molecule has 0 unspecified atom stereocenters. The topological polar surface area (TPSA) is 219 Å². The molecule has 0 spiro atoms. The van der Waals surface area contributed by atoms with Crippen molar-refractivity contribution in [2.75, 3.05) is 34.7 Å². The molecule has 4 aromatic heterocycles. The third kappa shape index (κ3) is 10.3. The lowest BCUT2D eigenvalue weighted by atomic mass is 10.0. The first-order valence-corrected chi connectivity index (χ1v) is 22.4. The number of pyridine rings is 2. The number of alkyl halides is 1. The molecule has 1 aliphatic rings. The minimum atomic E-state index is -3.98. The van der Waals surface area contributed by atoms with Gasteiger partial charge >= 0.3 is 0 Å². The zero-order valence-electron chi connectivity index (χ0n) is 31.9. The third-order valence-electron chi connectivity index (χ3n) is 9.13. The van der Waals surface area contributed by atoms with Gasteiger partial charge in [-0.2, -0.15) is 5.10 Å². The Morgan fingerprint density at radius 2 is 1.37 bits per heavy atom. The van der Waals surface area contributed by atoms with Gasteiger partial charge in [0.05, 0.1) is 63.2 Å². The lowest BCUT2D eigenvalue weighted by Gasteiger charge is -2.12. The number of rotatable bonds is 17. The van der Waals surface area contributed by atoms with E-state index in [0.717, 1.165) is 30.0 Å². The fraction of sp³-hybridized carbons (Fsp3) is 0.316. The maximum Gasteiger partial charge on any atom is 0.241 e. The lowest BCUT2D eigenvalue weighted by molar-refractivity contribution is 0.0981. The molecule has 22 heteroatoms. The molecule has 15 nitrogen and oxygen atoms in total. The van der Waals surface area contributed by atoms with Crippen molar-refractivity contribution < 1.29 is 44.3 Å². The van der Waals surface area contributed by atoms with Crippen LogP contribution in [0.25, 0.3) is 22.1 Å². The smallest absolute Gasteiger partial charge is 0.241 e. The number of ketones is 2. The number of benzene rings is 2. The lowest BCUT2D eigenvalue weighted by Crippen LogP contribution is -2.19. The van der Waals surface area contributed by atoms with Gasteiger partial charge < -0.3 is 4.74 Å². The zero-order chi connectivity index (χ0) is 43.4. The second-order valence-electron chi connectivity index (χ2n) is 13.8. The number of aromatic nitrogens is 6. The fourth-order valence-corrected chi connectivity index (χ4v) is 8.91. The van der Waals surface area contributed by atoms with Crippen LogP contribution in [0.2, 0.25) is 10.0 Å². The molecule has 0 atom stereocenters. The van der Waals surface area contributed by atoms with Gasteiger partial charge in [0.1, 0.15) is 0 Å². The minimum Gasteiger partial charge on any atom is -0.479 e. The molecule has 7 rings (SSSR count). The molecule has 1 fully saturated rings. The number of sulfonamides is 2. The summed E-state index contributed by atoms with van der Waals surface area (Å²) < 4.78 is 99.3. The molecule has 0 radical (unpaired) electrons. The Balaban J connectivity index is 0.000000201. The number of fused-ring (bicyclic) bond motifs is 2. The minimum absolute atomic E-state index is 0.0769. The number of H-pyrrole nitrogens is 2. The van der Waals surface area contributed by atoms with Crippen molar-refractivity contribution in [3.8, 4) is 5.88 Å². The Morgan fingerprint density at radius 1 is 0.817 bits per heavy atom. The van der Waals surface area contributed by atoms with Crippen molar-refractivity contribution in [1.29, 1.82) is 0 Å². The quantitative estimate of drug-likeness (QED) is 0.0657. The number of hydrogen-bond donors (Lipinski definition) is 4. The summed E-state index contributed by atoms with van der Waals surface area (Å²) >= 11 is 12.1. The summed E-state index contributed by atoms with van der Waals surface area (Å²) in [5, 5.41) is 14.9. The highest BCUT2D eigenvalue weighted by molar-refractivity contribution is 7.92. The monoisotopic (exact) mass is 908 g/mol. The molecule has 0 saturated heterocycles. The third-order valence-corrected chi connectivity index (χ3v) is 12.6. The standard InChI is InChI=1S/C20H20ClFN4O3S.C18H17ClF2N4O4S/c1-2-7-30(28,29)26-15-6-5-14(21)17(18(15)22)16(27)9-11-8-13-19(12-3-4-12)24-25-20(13)23-10-11;1-29-18-11-7-10(9-22-17(11)23-24-18)8-14(26)15-12(19)3-4-13(16(15)21)25-30(27,28)6-2-5-20/h5-6,8,10,12,26H,2-4,7,9H2,1H3,(H,23,24,25);3-4,7,9,25H,2,5-6,8H2,1H3,(H,22,23,24). The van der Waals surface area contributed by atoms with Crippen molar-refractivity contribution >= 4 is 88.3 Å². The van der Waals surface area contributed by atoms with Crippen molar-refractivity contribution in [1.82, 2.24) is 30.4 Å². The summed E-state index contributed by atoms with van der Waals surface area (Å²) in [6.07, 6.45) is 4.90. The molecule has 2 aromatic carbocycles. The zero-order valence-corrected chi connectivity index (χ0v) is 35.1. The summed E-state index contributed by atoms with van der Waals surface area (Å²) in [7, 11) is -6.26. The Bertz CT molecular complexity index is 2820. The Morgan fingerprint density at radius 3 is 1.90 bits per heavy atom. The predicted molar refractivity (Wildman–Crippen MR) is 221 cm³/mol. The number of hydrogen-bond acceptors (Lipinski definition) is 11. The normalized spacial score (nSPS) is 12.9. The highest BCUT2D eigenvalue weighted by atomic mass is 35.5. The number of halogens is 5. The van der Waals surface area contributed by atoms with Crippen LogP contribution in [-0.2, 0) is 32.9 Å². The van der Waals surface area contributed by atoms with Crippen molar-refractivity contribution in [3.63, 3.8) is 0 Å². The second-order valence-corrected chi connectivity index (χ2v) is 18.2. The molecule has 318 valence electrons. The molecule has 0 aliphatic heterocycles. The fourth-order valence-electron chi connectivity index (χ4n) is 6.19. The van der Waals surface area contributed by atoms with E-state index in [4.69, 9.17) is 27.9 Å². The molecule has 1 aliphatic carbocycles. The summed E-state index contributed by atoms with van der Waals surface area (Å²) in [5.41, 5.74) is 1.55. The number of carbonyl (C=O) groups is 2. The Labute approximate surface area is 351 Å². The molecule has 0 amide bonds. The maximum atomic E-state index is 15.0. The van der Waals surface area contributed by atoms with E-state index in [9.17, 15) is 39.6 Å². The van der Waals surface area contributed by atoms with E-state index in [1.54, 1.807) is 13.0 Å². The number of anilines is 2. The van der Waals surface area contributed by atoms with E-state index in [1.165, 1.54) is 37.7 Å². The molecule has 4 heterocycles. The average molecular weight is 910 g/mol. The first kappa shape index (κ1) is 44.2. The van der Waals surface area contributed by atoms with Gasteiger partial charge in [-0.15, -0.1) is 5.10 Å². The average Bonchev–Trinajstić information content (AvgIpc) is 3.82. The SMILES string of the molecule is CCCS(=O)(=O)Nc1ccc(Cl)c(C(=O)Cc2cnc3n[nH]c(C4CC4)c3c2)c1F.COc1n[nH]c2ncc(CC(=O)c3c(Cl)ccc(NS(=O)(=O)CCCF)c3F)cc12.